The van der Waals surface area contributed by atoms with Gasteiger partial charge in [-0.2, -0.15) is 0 Å². The minimum Gasteiger partial charge on any atom is -0.477 e. The summed E-state index contributed by atoms with van der Waals surface area (Å²) in [4.78, 5) is 28.7. The van der Waals surface area contributed by atoms with Crippen LogP contribution in [0.2, 0.25) is 0 Å². The minimum absolute atomic E-state index is 0.0921. The highest BCUT2D eigenvalue weighted by Crippen LogP contribution is 2.32. The molecule has 0 unspecified atom stereocenters. The molecule has 25 heavy (non-hydrogen) atoms. The fraction of sp³-hybridized carbons (Fsp3) is 0. The van der Waals surface area contributed by atoms with Crippen LogP contribution in [0, 0.1) is 0 Å². The molecule has 1 aliphatic rings. The standard InChI is InChI=1S/C19H13N3O3/c23-18-15(10-12-11-20-16-9-5-4-8-14(12)16)17(19(24)25)21-22(18)13-6-2-1-3-7-13/h1-11,21H,(H,24,25)/b12-10+. The van der Waals surface area contributed by atoms with Crippen molar-refractivity contribution in [3.63, 3.8) is 0 Å². The topological polar surface area (TPSA) is 87.5 Å². The predicted octanol–water partition coefficient (Wildman–Crippen LogP) is 3.12. The zero-order chi connectivity index (χ0) is 17.4. The maximum Gasteiger partial charge on any atom is 0.354 e. The van der Waals surface area contributed by atoms with E-state index in [1.54, 1.807) is 36.6 Å². The number of benzene rings is 2. The van der Waals surface area contributed by atoms with Crippen molar-refractivity contribution in [3.8, 4) is 5.69 Å². The van der Waals surface area contributed by atoms with Gasteiger partial charge in [0.15, 0.2) is 5.69 Å². The van der Waals surface area contributed by atoms with Crippen molar-refractivity contribution >= 4 is 29.5 Å². The van der Waals surface area contributed by atoms with Gasteiger partial charge in [-0.05, 0) is 24.3 Å². The summed E-state index contributed by atoms with van der Waals surface area (Å²) in [6.07, 6.45) is 3.20. The van der Waals surface area contributed by atoms with Gasteiger partial charge >= 0.3 is 5.97 Å². The molecule has 0 radical (unpaired) electrons. The SMILES string of the molecule is O=C(O)c1[nH]n(-c2ccccc2)c(=O)c1/C=C1\C=Nc2ccccc21. The summed E-state index contributed by atoms with van der Waals surface area (Å²) < 4.78 is 1.23. The molecule has 0 aliphatic carbocycles. The van der Waals surface area contributed by atoms with Crippen LogP contribution in [0.15, 0.2) is 64.4 Å². The molecule has 6 nitrogen and oxygen atoms in total. The third kappa shape index (κ3) is 2.49. The molecule has 2 heterocycles. The molecule has 4 rings (SSSR count). The molecular formula is C19H13N3O3. The normalized spacial score (nSPS) is 14.0. The van der Waals surface area contributed by atoms with Crippen LogP contribution in [0.3, 0.4) is 0 Å². The second-order valence-electron chi connectivity index (χ2n) is 5.56. The summed E-state index contributed by atoms with van der Waals surface area (Å²) in [6.45, 7) is 0. The lowest BCUT2D eigenvalue weighted by Gasteiger charge is -1.99. The summed E-state index contributed by atoms with van der Waals surface area (Å²) >= 11 is 0. The highest BCUT2D eigenvalue weighted by molar-refractivity contribution is 6.21. The van der Waals surface area contributed by atoms with Crippen molar-refractivity contribution in [2.45, 2.75) is 0 Å². The Hall–Kier alpha value is -3.67. The molecule has 0 spiro atoms. The first-order valence-corrected chi connectivity index (χ1v) is 7.64. The van der Waals surface area contributed by atoms with E-state index in [2.05, 4.69) is 10.1 Å². The van der Waals surface area contributed by atoms with Gasteiger partial charge in [0, 0.05) is 17.4 Å². The second kappa shape index (κ2) is 5.76. The largest absolute Gasteiger partial charge is 0.477 e. The average molecular weight is 331 g/mol. The Kier molecular flexibility index (Phi) is 3.43. The van der Waals surface area contributed by atoms with Gasteiger partial charge in [0.2, 0.25) is 0 Å². The fourth-order valence-electron chi connectivity index (χ4n) is 2.82. The molecule has 0 fully saturated rings. The van der Waals surface area contributed by atoms with E-state index in [4.69, 9.17) is 0 Å². The van der Waals surface area contributed by atoms with Gasteiger partial charge in [0.05, 0.1) is 16.9 Å². The number of carbonyl (C=O) groups is 1. The number of nitrogens with zero attached hydrogens (tertiary/aromatic N) is 2. The maximum atomic E-state index is 12.8. The monoisotopic (exact) mass is 331 g/mol. The zero-order valence-electron chi connectivity index (χ0n) is 13.0. The van der Waals surface area contributed by atoms with E-state index >= 15 is 0 Å². The van der Waals surface area contributed by atoms with Crippen LogP contribution in [0.5, 0.6) is 0 Å². The lowest BCUT2D eigenvalue weighted by atomic mass is 10.0. The Labute approximate surface area is 142 Å². The van der Waals surface area contributed by atoms with E-state index in [0.717, 1.165) is 11.3 Å². The molecule has 0 saturated heterocycles. The Morgan fingerprint density at radius 3 is 2.56 bits per heavy atom. The minimum atomic E-state index is -1.19. The van der Waals surface area contributed by atoms with Crippen LogP contribution in [-0.2, 0) is 0 Å². The number of hydrogen-bond donors (Lipinski definition) is 2. The number of aromatic nitrogens is 2. The van der Waals surface area contributed by atoms with Crippen LogP contribution < -0.4 is 5.56 Å². The Bertz CT molecular complexity index is 1090. The first-order valence-electron chi connectivity index (χ1n) is 7.64. The van der Waals surface area contributed by atoms with Crippen molar-refractivity contribution in [1.29, 1.82) is 0 Å². The van der Waals surface area contributed by atoms with Gasteiger partial charge in [-0.25, -0.2) is 9.48 Å². The van der Waals surface area contributed by atoms with Crippen molar-refractivity contribution in [2.75, 3.05) is 0 Å². The number of nitrogens with one attached hydrogen (secondary N) is 1. The van der Waals surface area contributed by atoms with Gasteiger partial charge in [0.1, 0.15) is 0 Å². The summed E-state index contributed by atoms with van der Waals surface area (Å²) in [5.74, 6) is -1.19. The smallest absolute Gasteiger partial charge is 0.354 e. The molecule has 122 valence electrons. The molecule has 3 aromatic rings. The van der Waals surface area contributed by atoms with Crippen LogP contribution in [-0.4, -0.2) is 27.1 Å². The molecule has 2 N–H and O–H groups in total. The molecule has 0 atom stereocenters. The summed E-state index contributed by atoms with van der Waals surface area (Å²) in [5, 5.41) is 12.2. The number of aromatic carboxylic acids is 1. The Morgan fingerprint density at radius 1 is 1.08 bits per heavy atom. The number of hydrogen-bond acceptors (Lipinski definition) is 3. The number of rotatable bonds is 3. The number of carboxylic acid groups (broad SMARTS) is 1. The summed E-state index contributed by atoms with van der Waals surface area (Å²) in [7, 11) is 0. The molecule has 1 aliphatic heterocycles. The first kappa shape index (κ1) is 14.9. The Balaban J connectivity index is 1.90. The number of fused-ring (bicyclic) bond motifs is 1. The third-order valence-corrected chi connectivity index (χ3v) is 4.01. The molecule has 2 aromatic carbocycles. The molecule has 1 aromatic heterocycles. The van der Waals surface area contributed by atoms with Gasteiger partial charge in [-0.1, -0.05) is 36.4 Å². The zero-order valence-corrected chi connectivity index (χ0v) is 13.0. The number of para-hydroxylation sites is 2. The number of aliphatic imine (C=N–C) groups is 1. The number of H-pyrrole nitrogens is 1. The number of carboxylic acids is 1. The van der Waals surface area contributed by atoms with Crippen molar-refractivity contribution < 1.29 is 9.90 Å². The number of aromatic amines is 1. The summed E-state index contributed by atoms with van der Waals surface area (Å²) in [6, 6.07) is 16.3. The summed E-state index contributed by atoms with van der Waals surface area (Å²) in [5.41, 5.74) is 2.45. The van der Waals surface area contributed by atoms with Crippen LogP contribution in [0.1, 0.15) is 21.6 Å². The molecule has 6 heteroatoms. The quantitative estimate of drug-likeness (QED) is 0.773. The lowest BCUT2D eigenvalue weighted by Crippen LogP contribution is -2.15. The molecule has 0 saturated carbocycles. The van der Waals surface area contributed by atoms with Crippen LogP contribution in [0.4, 0.5) is 5.69 Å². The maximum absolute atomic E-state index is 12.8. The highest BCUT2D eigenvalue weighted by Gasteiger charge is 2.21. The average Bonchev–Trinajstić information content (AvgIpc) is 3.18. The van der Waals surface area contributed by atoms with E-state index in [1.807, 2.05) is 30.3 Å². The van der Waals surface area contributed by atoms with Gasteiger partial charge in [-0.15, -0.1) is 0 Å². The second-order valence-corrected chi connectivity index (χ2v) is 5.56. The van der Waals surface area contributed by atoms with E-state index < -0.39 is 11.5 Å². The van der Waals surface area contributed by atoms with E-state index in [0.29, 0.717) is 11.3 Å². The van der Waals surface area contributed by atoms with Crippen LogP contribution >= 0.6 is 0 Å². The lowest BCUT2D eigenvalue weighted by molar-refractivity contribution is 0.0689. The highest BCUT2D eigenvalue weighted by atomic mass is 16.4. The first-order chi connectivity index (χ1) is 12.1. The molecule has 0 amide bonds. The van der Waals surface area contributed by atoms with Gasteiger partial charge < -0.3 is 5.11 Å². The fourth-order valence-corrected chi connectivity index (χ4v) is 2.82. The van der Waals surface area contributed by atoms with Crippen LogP contribution in [0.25, 0.3) is 17.3 Å². The van der Waals surface area contributed by atoms with Gasteiger partial charge in [-0.3, -0.25) is 14.9 Å². The third-order valence-electron chi connectivity index (χ3n) is 4.01. The van der Waals surface area contributed by atoms with E-state index in [-0.39, 0.29) is 11.3 Å². The van der Waals surface area contributed by atoms with Gasteiger partial charge in [0.25, 0.3) is 5.56 Å². The van der Waals surface area contributed by atoms with Crippen molar-refractivity contribution in [3.05, 3.63) is 81.8 Å². The van der Waals surface area contributed by atoms with E-state index in [1.165, 1.54) is 4.68 Å². The molecular weight excluding hydrogens is 318 g/mol. The predicted molar refractivity (Wildman–Crippen MR) is 95.8 cm³/mol. The molecule has 0 bridgehead atoms. The Morgan fingerprint density at radius 2 is 1.80 bits per heavy atom. The van der Waals surface area contributed by atoms with Crippen molar-refractivity contribution in [1.82, 2.24) is 9.78 Å². The van der Waals surface area contributed by atoms with Crippen molar-refractivity contribution in [2.24, 2.45) is 4.99 Å². The van der Waals surface area contributed by atoms with E-state index in [9.17, 15) is 14.7 Å². The number of allylic oxidation sites excluding steroid dienone is 1.